The van der Waals surface area contributed by atoms with Gasteiger partial charge < -0.3 is 14.6 Å². The van der Waals surface area contributed by atoms with E-state index in [4.69, 9.17) is 14.5 Å². The van der Waals surface area contributed by atoms with Gasteiger partial charge >= 0.3 is 0 Å². The predicted octanol–water partition coefficient (Wildman–Crippen LogP) is 7.82. The van der Waals surface area contributed by atoms with E-state index >= 15 is 0 Å². The summed E-state index contributed by atoms with van der Waals surface area (Å²) in [7, 11) is 0. The lowest BCUT2D eigenvalue weighted by molar-refractivity contribution is 0.174. The van der Waals surface area contributed by atoms with Crippen molar-refractivity contribution in [2.24, 2.45) is 4.99 Å². The first-order valence-corrected chi connectivity index (χ1v) is 13.1. The van der Waals surface area contributed by atoms with Crippen molar-refractivity contribution in [2.45, 2.75) is 31.9 Å². The molecule has 1 aromatic heterocycles. The number of hydrogen-bond acceptors (Lipinski definition) is 5. The van der Waals surface area contributed by atoms with Gasteiger partial charge in [0.25, 0.3) is 0 Å². The van der Waals surface area contributed by atoms with Crippen LogP contribution in [0.25, 0.3) is 22.0 Å². The zero-order valence-corrected chi connectivity index (χ0v) is 21.6. The van der Waals surface area contributed by atoms with Crippen molar-refractivity contribution in [3.8, 4) is 28.5 Å². The van der Waals surface area contributed by atoms with Crippen LogP contribution in [0.3, 0.4) is 0 Å². The van der Waals surface area contributed by atoms with Gasteiger partial charge in [-0.1, -0.05) is 24.3 Å². The molecule has 0 fully saturated rings. The molecule has 1 aliphatic heterocycles. The van der Waals surface area contributed by atoms with E-state index in [-0.39, 0.29) is 23.8 Å². The standard InChI is InChI=1S/C33H24F2N2O3/c1-18-10-20-7-9-30(36-31(20)28(38)11-18)39-26-15-21(22-13-24(34)17-25(35)14-22)12-23(16-26)33-37-32-27-5-3-2-4-19(27)6-8-29(32)40-33/h2-5,7,9-17,29,32,38H,6,8H2,1H3/t29-,32+/m1/s1. The van der Waals surface area contributed by atoms with Crippen molar-refractivity contribution in [3.63, 3.8) is 0 Å². The average Bonchev–Trinajstić information content (AvgIpc) is 3.38. The van der Waals surface area contributed by atoms with Crippen molar-refractivity contribution < 1.29 is 23.4 Å². The number of hydrogen-bond donors (Lipinski definition) is 1. The molecule has 1 aliphatic carbocycles. The molecule has 0 saturated heterocycles. The Bertz CT molecular complexity index is 1810. The zero-order chi connectivity index (χ0) is 27.4. The van der Waals surface area contributed by atoms with Crippen molar-refractivity contribution in [2.75, 3.05) is 0 Å². The van der Waals surface area contributed by atoms with Gasteiger partial charge in [-0.25, -0.2) is 18.8 Å². The molecular formula is C33H24F2N2O3. The third-order valence-electron chi connectivity index (χ3n) is 7.41. The van der Waals surface area contributed by atoms with Gasteiger partial charge in [0.1, 0.15) is 40.8 Å². The minimum Gasteiger partial charge on any atom is -0.506 e. The number of phenols is 1. The molecule has 198 valence electrons. The largest absolute Gasteiger partial charge is 0.506 e. The van der Waals surface area contributed by atoms with Gasteiger partial charge in [0, 0.05) is 23.1 Å². The highest BCUT2D eigenvalue weighted by Gasteiger charge is 2.37. The summed E-state index contributed by atoms with van der Waals surface area (Å²) in [6, 6.07) is 23.9. The maximum Gasteiger partial charge on any atom is 0.219 e. The fraction of sp³-hybridized carbons (Fsp3) is 0.152. The molecule has 0 radical (unpaired) electrons. The summed E-state index contributed by atoms with van der Waals surface area (Å²) in [6.45, 7) is 1.90. The summed E-state index contributed by atoms with van der Waals surface area (Å²) in [6.07, 6.45) is 1.67. The molecule has 0 bridgehead atoms. The number of aromatic hydroxyl groups is 1. The Morgan fingerprint density at radius 3 is 2.50 bits per heavy atom. The molecule has 7 heteroatoms. The van der Waals surface area contributed by atoms with Crippen LogP contribution in [-0.4, -0.2) is 22.1 Å². The highest BCUT2D eigenvalue weighted by atomic mass is 19.1. The first kappa shape index (κ1) is 24.3. The molecule has 0 spiro atoms. The predicted molar refractivity (Wildman–Crippen MR) is 149 cm³/mol. The van der Waals surface area contributed by atoms with Crippen LogP contribution in [0.2, 0.25) is 0 Å². The first-order chi connectivity index (χ1) is 19.4. The lowest BCUT2D eigenvalue weighted by Crippen LogP contribution is -2.23. The molecule has 2 heterocycles. The van der Waals surface area contributed by atoms with Gasteiger partial charge in [0.2, 0.25) is 11.8 Å². The van der Waals surface area contributed by atoms with Crippen LogP contribution in [-0.2, 0) is 11.2 Å². The summed E-state index contributed by atoms with van der Waals surface area (Å²) in [5.74, 6) is -0.199. The molecule has 40 heavy (non-hydrogen) atoms. The Kier molecular flexibility index (Phi) is 5.73. The van der Waals surface area contributed by atoms with Crippen molar-refractivity contribution in [1.29, 1.82) is 0 Å². The molecule has 5 aromatic rings. The summed E-state index contributed by atoms with van der Waals surface area (Å²) in [5, 5.41) is 11.2. The van der Waals surface area contributed by atoms with Crippen LogP contribution in [0.5, 0.6) is 17.4 Å². The van der Waals surface area contributed by atoms with Crippen LogP contribution in [0.4, 0.5) is 8.78 Å². The summed E-state index contributed by atoms with van der Waals surface area (Å²) >= 11 is 0. The quantitative estimate of drug-likeness (QED) is 0.255. The lowest BCUT2D eigenvalue weighted by atomic mass is 9.86. The van der Waals surface area contributed by atoms with Gasteiger partial charge in [-0.3, -0.25) is 0 Å². The topological polar surface area (TPSA) is 63.9 Å². The summed E-state index contributed by atoms with van der Waals surface area (Å²) < 4.78 is 40.8. The maximum atomic E-state index is 14.2. The highest BCUT2D eigenvalue weighted by Crippen LogP contribution is 2.40. The van der Waals surface area contributed by atoms with E-state index in [2.05, 4.69) is 17.1 Å². The SMILES string of the molecule is Cc1cc(O)c2nc(Oc3cc(C4=N[C@H]5c6ccccc6CC[C@H]5O4)cc(-c4cc(F)cc(F)c4)c3)ccc2c1. The molecule has 4 aromatic carbocycles. The second kappa shape index (κ2) is 9.45. The van der Waals surface area contributed by atoms with Crippen molar-refractivity contribution in [3.05, 3.63) is 119 Å². The fourth-order valence-corrected chi connectivity index (χ4v) is 5.62. The van der Waals surface area contributed by atoms with E-state index in [9.17, 15) is 13.9 Å². The molecule has 0 unspecified atom stereocenters. The molecule has 5 nitrogen and oxygen atoms in total. The Hall–Kier alpha value is -4.78. The molecule has 7 rings (SSSR count). The Balaban J connectivity index is 1.31. The number of fused-ring (bicyclic) bond motifs is 4. The van der Waals surface area contributed by atoms with E-state index in [0.29, 0.717) is 33.9 Å². The molecule has 0 saturated carbocycles. The second-order valence-electron chi connectivity index (χ2n) is 10.3. The van der Waals surface area contributed by atoms with Gasteiger partial charge in [-0.05, 0) is 96.1 Å². The average molecular weight is 535 g/mol. The minimum absolute atomic E-state index is 0.0572. The number of halogens is 2. The number of benzene rings is 4. The van der Waals surface area contributed by atoms with Gasteiger partial charge in [-0.15, -0.1) is 0 Å². The highest BCUT2D eigenvalue weighted by molar-refractivity contribution is 5.97. The van der Waals surface area contributed by atoms with Crippen LogP contribution in [0.1, 0.15) is 34.7 Å². The zero-order valence-electron chi connectivity index (χ0n) is 21.6. The number of ether oxygens (including phenoxy) is 2. The van der Waals surface area contributed by atoms with Gasteiger partial charge in [-0.2, -0.15) is 0 Å². The monoisotopic (exact) mass is 534 g/mol. The van der Waals surface area contributed by atoms with Crippen LogP contribution < -0.4 is 4.74 Å². The number of rotatable bonds is 4. The fourth-order valence-electron chi connectivity index (χ4n) is 5.62. The van der Waals surface area contributed by atoms with Crippen LogP contribution >= 0.6 is 0 Å². The Labute approximate surface area is 229 Å². The Morgan fingerprint density at radius 1 is 0.875 bits per heavy atom. The third-order valence-corrected chi connectivity index (χ3v) is 7.41. The molecule has 2 aliphatic rings. The number of nitrogens with zero attached hydrogens (tertiary/aromatic N) is 2. The number of aromatic nitrogens is 1. The Morgan fingerprint density at radius 2 is 1.65 bits per heavy atom. The maximum absolute atomic E-state index is 14.2. The van der Waals surface area contributed by atoms with E-state index in [1.54, 1.807) is 30.3 Å². The lowest BCUT2D eigenvalue weighted by Gasteiger charge is -2.25. The number of aliphatic imine (C=N–C) groups is 1. The van der Waals surface area contributed by atoms with Crippen LogP contribution in [0.15, 0.2) is 89.9 Å². The number of phenolic OH excluding ortho intramolecular Hbond substituents is 1. The first-order valence-electron chi connectivity index (χ1n) is 13.1. The van der Waals surface area contributed by atoms with E-state index in [0.717, 1.165) is 35.4 Å². The molecule has 2 atom stereocenters. The smallest absolute Gasteiger partial charge is 0.219 e. The van der Waals surface area contributed by atoms with Crippen molar-refractivity contribution >= 4 is 16.8 Å². The second-order valence-corrected chi connectivity index (χ2v) is 10.3. The normalized spacial score (nSPS) is 17.6. The number of aryl methyl sites for hydroxylation is 2. The van der Waals surface area contributed by atoms with E-state index in [1.165, 1.54) is 17.7 Å². The van der Waals surface area contributed by atoms with Crippen molar-refractivity contribution in [1.82, 2.24) is 4.98 Å². The molecular weight excluding hydrogens is 510 g/mol. The minimum atomic E-state index is -0.679. The van der Waals surface area contributed by atoms with E-state index in [1.807, 2.05) is 31.2 Å². The van der Waals surface area contributed by atoms with Crippen LogP contribution in [0, 0.1) is 18.6 Å². The summed E-state index contributed by atoms with van der Waals surface area (Å²) in [5.41, 5.74) is 5.27. The van der Waals surface area contributed by atoms with Gasteiger partial charge in [0.05, 0.1) is 0 Å². The summed E-state index contributed by atoms with van der Waals surface area (Å²) in [4.78, 5) is 9.44. The number of pyridine rings is 1. The third kappa shape index (κ3) is 4.43. The molecule has 1 N–H and O–H groups in total. The van der Waals surface area contributed by atoms with E-state index < -0.39 is 11.6 Å². The van der Waals surface area contributed by atoms with Gasteiger partial charge in [0.15, 0.2) is 0 Å². The molecule has 0 amide bonds.